The zero-order valence-electron chi connectivity index (χ0n) is 12.8. The van der Waals surface area contributed by atoms with Crippen LogP contribution in [0.2, 0.25) is 0 Å². The van der Waals surface area contributed by atoms with Gasteiger partial charge in [-0.1, -0.05) is 30.3 Å². The summed E-state index contributed by atoms with van der Waals surface area (Å²) >= 11 is 0. The molecule has 1 aromatic heterocycles. The van der Waals surface area contributed by atoms with E-state index in [-0.39, 0.29) is 22.9 Å². The molecule has 0 saturated heterocycles. The third-order valence-electron chi connectivity index (χ3n) is 3.60. The molecule has 0 unspecified atom stereocenters. The Labute approximate surface area is 138 Å². The highest BCUT2D eigenvalue weighted by atomic mass is 19.1. The molecule has 0 fully saturated rings. The molecule has 1 amide bonds. The SMILES string of the molecule is O=C(NCCc1ccccc1)c1cc(-c2cc(F)ccc2O)n[nH]1. The van der Waals surface area contributed by atoms with E-state index in [0.29, 0.717) is 12.2 Å². The van der Waals surface area contributed by atoms with Crippen LogP contribution in [0.3, 0.4) is 0 Å². The number of phenols is 1. The molecule has 0 aliphatic heterocycles. The number of nitrogens with one attached hydrogen (secondary N) is 2. The molecule has 0 aliphatic rings. The number of amides is 1. The second kappa shape index (κ2) is 6.95. The molecule has 0 bridgehead atoms. The van der Waals surface area contributed by atoms with Gasteiger partial charge in [0, 0.05) is 12.1 Å². The quantitative estimate of drug-likeness (QED) is 0.675. The summed E-state index contributed by atoms with van der Waals surface area (Å²) in [7, 11) is 0. The molecule has 0 radical (unpaired) electrons. The molecule has 3 N–H and O–H groups in total. The van der Waals surface area contributed by atoms with Crippen LogP contribution in [0.25, 0.3) is 11.3 Å². The Bertz CT molecular complexity index is 846. The van der Waals surface area contributed by atoms with Gasteiger partial charge in [0.05, 0.1) is 5.69 Å². The van der Waals surface area contributed by atoms with Crippen molar-refractivity contribution in [2.45, 2.75) is 6.42 Å². The highest BCUT2D eigenvalue weighted by Crippen LogP contribution is 2.28. The highest BCUT2D eigenvalue weighted by molar-refractivity contribution is 5.93. The predicted molar refractivity (Wildman–Crippen MR) is 88.1 cm³/mol. The molecule has 0 spiro atoms. The Kier molecular flexibility index (Phi) is 4.56. The number of rotatable bonds is 5. The van der Waals surface area contributed by atoms with Gasteiger partial charge in [0.2, 0.25) is 0 Å². The van der Waals surface area contributed by atoms with Crippen LogP contribution in [0, 0.1) is 5.82 Å². The van der Waals surface area contributed by atoms with Crippen LogP contribution in [0.1, 0.15) is 16.1 Å². The molecule has 1 heterocycles. The van der Waals surface area contributed by atoms with Crippen LogP contribution < -0.4 is 5.32 Å². The van der Waals surface area contributed by atoms with E-state index in [0.717, 1.165) is 18.1 Å². The number of carbonyl (C=O) groups excluding carboxylic acids is 1. The smallest absolute Gasteiger partial charge is 0.269 e. The van der Waals surface area contributed by atoms with E-state index in [1.165, 1.54) is 18.2 Å². The van der Waals surface area contributed by atoms with Crippen molar-refractivity contribution in [2.75, 3.05) is 6.54 Å². The van der Waals surface area contributed by atoms with Gasteiger partial charge in [0.15, 0.2) is 0 Å². The van der Waals surface area contributed by atoms with Gasteiger partial charge < -0.3 is 10.4 Å². The van der Waals surface area contributed by atoms with Crippen molar-refractivity contribution in [1.29, 1.82) is 0 Å². The van der Waals surface area contributed by atoms with E-state index >= 15 is 0 Å². The van der Waals surface area contributed by atoms with E-state index in [9.17, 15) is 14.3 Å². The number of hydrogen-bond donors (Lipinski definition) is 3. The molecule has 2 aromatic carbocycles. The number of hydrogen-bond acceptors (Lipinski definition) is 3. The summed E-state index contributed by atoms with van der Waals surface area (Å²) < 4.78 is 13.3. The summed E-state index contributed by atoms with van der Waals surface area (Å²) in [4.78, 5) is 12.1. The monoisotopic (exact) mass is 325 g/mol. The van der Waals surface area contributed by atoms with E-state index in [1.807, 2.05) is 30.3 Å². The summed E-state index contributed by atoms with van der Waals surface area (Å²) in [5.74, 6) is -0.890. The van der Waals surface area contributed by atoms with Gasteiger partial charge in [-0.25, -0.2) is 4.39 Å². The van der Waals surface area contributed by atoms with E-state index in [4.69, 9.17) is 0 Å². The first-order chi connectivity index (χ1) is 11.6. The lowest BCUT2D eigenvalue weighted by Crippen LogP contribution is -2.25. The summed E-state index contributed by atoms with van der Waals surface area (Å²) in [6.07, 6.45) is 0.720. The minimum absolute atomic E-state index is 0.0982. The van der Waals surface area contributed by atoms with Gasteiger partial charge >= 0.3 is 0 Å². The first kappa shape index (κ1) is 15.7. The molecule has 0 saturated carbocycles. The molecule has 0 atom stereocenters. The van der Waals surface area contributed by atoms with Crippen molar-refractivity contribution in [1.82, 2.24) is 15.5 Å². The lowest BCUT2D eigenvalue weighted by molar-refractivity contribution is 0.0949. The minimum atomic E-state index is -0.486. The van der Waals surface area contributed by atoms with Crippen molar-refractivity contribution in [3.8, 4) is 17.0 Å². The Hall–Kier alpha value is -3.15. The first-order valence-corrected chi connectivity index (χ1v) is 7.50. The summed E-state index contributed by atoms with van der Waals surface area (Å²) in [6, 6.07) is 14.9. The Balaban J connectivity index is 1.64. The molecule has 122 valence electrons. The molecule has 0 aliphatic carbocycles. The van der Waals surface area contributed by atoms with Gasteiger partial charge in [-0.3, -0.25) is 9.89 Å². The second-order valence-corrected chi connectivity index (χ2v) is 5.32. The maximum atomic E-state index is 13.3. The lowest BCUT2D eigenvalue weighted by Gasteiger charge is -2.03. The maximum Gasteiger partial charge on any atom is 0.269 e. The van der Waals surface area contributed by atoms with Gasteiger partial charge in [-0.05, 0) is 36.2 Å². The molecule has 5 nitrogen and oxygen atoms in total. The van der Waals surface area contributed by atoms with Crippen molar-refractivity contribution in [3.63, 3.8) is 0 Å². The summed E-state index contributed by atoms with van der Waals surface area (Å²) in [5, 5.41) is 19.1. The lowest BCUT2D eigenvalue weighted by atomic mass is 10.1. The van der Waals surface area contributed by atoms with Gasteiger partial charge in [-0.15, -0.1) is 0 Å². The molecule has 24 heavy (non-hydrogen) atoms. The number of aromatic hydroxyl groups is 1. The van der Waals surface area contributed by atoms with Crippen molar-refractivity contribution >= 4 is 5.91 Å². The van der Waals surface area contributed by atoms with Crippen LogP contribution in [0.5, 0.6) is 5.75 Å². The topological polar surface area (TPSA) is 78.0 Å². The van der Waals surface area contributed by atoms with Gasteiger partial charge in [0.1, 0.15) is 17.3 Å². The van der Waals surface area contributed by atoms with E-state index < -0.39 is 5.82 Å². The van der Waals surface area contributed by atoms with Crippen molar-refractivity contribution in [3.05, 3.63) is 71.7 Å². The average Bonchev–Trinajstić information content (AvgIpc) is 3.08. The second-order valence-electron chi connectivity index (χ2n) is 5.32. The highest BCUT2D eigenvalue weighted by Gasteiger charge is 2.13. The van der Waals surface area contributed by atoms with E-state index in [2.05, 4.69) is 15.5 Å². The third-order valence-corrected chi connectivity index (χ3v) is 3.60. The molecular weight excluding hydrogens is 309 g/mol. The number of halogens is 1. The van der Waals surface area contributed by atoms with E-state index in [1.54, 1.807) is 0 Å². The number of benzene rings is 2. The number of H-pyrrole nitrogens is 1. The van der Waals surface area contributed by atoms with Gasteiger partial charge in [0.25, 0.3) is 5.91 Å². The fourth-order valence-corrected chi connectivity index (χ4v) is 2.35. The van der Waals surface area contributed by atoms with Gasteiger partial charge in [-0.2, -0.15) is 5.10 Å². The third kappa shape index (κ3) is 3.60. The fraction of sp³-hybridized carbons (Fsp3) is 0.111. The summed E-state index contributed by atoms with van der Waals surface area (Å²) in [6.45, 7) is 0.489. The average molecular weight is 325 g/mol. The van der Waals surface area contributed by atoms with Crippen molar-refractivity contribution < 1.29 is 14.3 Å². The summed E-state index contributed by atoms with van der Waals surface area (Å²) in [5.41, 5.74) is 1.92. The van der Waals surface area contributed by atoms with Crippen LogP contribution in [0.15, 0.2) is 54.6 Å². The first-order valence-electron chi connectivity index (χ1n) is 7.50. The molecular formula is C18H16FN3O2. The standard InChI is InChI=1S/C18H16FN3O2/c19-13-6-7-17(23)14(10-13)15-11-16(22-21-15)18(24)20-9-8-12-4-2-1-3-5-12/h1-7,10-11,23H,8-9H2,(H,20,24)(H,21,22). The predicted octanol–water partition coefficient (Wildman–Crippen LogP) is 2.89. The van der Waals surface area contributed by atoms with Crippen LogP contribution in [-0.4, -0.2) is 27.8 Å². The number of aromatic amines is 1. The molecule has 3 aromatic rings. The Morgan fingerprint density at radius 1 is 1.17 bits per heavy atom. The molecule has 6 heteroatoms. The normalized spacial score (nSPS) is 10.5. The number of phenolic OH excluding ortho intramolecular Hbond substituents is 1. The number of nitrogens with zero attached hydrogens (tertiary/aromatic N) is 1. The Morgan fingerprint density at radius 3 is 2.75 bits per heavy atom. The molecule has 3 rings (SSSR count). The minimum Gasteiger partial charge on any atom is -0.507 e. The van der Waals surface area contributed by atoms with Crippen LogP contribution >= 0.6 is 0 Å². The van der Waals surface area contributed by atoms with Crippen molar-refractivity contribution in [2.24, 2.45) is 0 Å². The largest absolute Gasteiger partial charge is 0.507 e. The fourth-order valence-electron chi connectivity index (χ4n) is 2.35. The zero-order chi connectivity index (χ0) is 16.9. The Morgan fingerprint density at radius 2 is 1.96 bits per heavy atom. The number of aromatic nitrogens is 2. The van der Waals surface area contributed by atoms with Crippen LogP contribution in [-0.2, 0) is 6.42 Å². The number of carbonyl (C=O) groups is 1. The maximum absolute atomic E-state index is 13.3. The van der Waals surface area contributed by atoms with Crippen LogP contribution in [0.4, 0.5) is 4.39 Å². The zero-order valence-corrected chi connectivity index (χ0v) is 12.8.